The fraction of sp³-hybridized carbons (Fsp3) is 0.0625. The summed E-state index contributed by atoms with van der Waals surface area (Å²) >= 11 is 3.42. The fourth-order valence-electron chi connectivity index (χ4n) is 2.16. The normalized spacial score (nSPS) is 10.8. The number of hydrogen-bond donors (Lipinski definition) is 0. The van der Waals surface area contributed by atoms with Crippen molar-refractivity contribution in [3.05, 3.63) is 81.2 Å². The molecule has 94 valence electrons. The number of rotatable bonds is 2. The van der Waals surface area contributed by atoms with Gasteiger partial charge in [-0.3, -0.25) is 4.79 Å². The molecule has 3 aromatic rings. The maximum Gasteiger partial charge on any atom is 0.258 e. The third-order valence-corrected chi connectivity index (χ3v) is 3.63. The number of pyridine rings is 1. The quantitative estimate of drug-likeness (QED) is 0.705. The second kappa shape index (κ2) is 5.02. The van der Waals surface area contributed by atoms with Crippen molar-refractivity contribution in [3.8, 4) is 0 Å². The fourth-order valence-corrected chi connectivity index (χ4v) is 2.54. The lowest BCUT2D eigenvalue weighted by Gasteiger charge is -2.07. The van der Waals surface area contributed by atoms with E-state index in [-0.39, 0.29) is 5.56 Å². The third kappa shape index (κ3) is 2.47. The highest BCUT2D eigenvalue weighted by Crippen LogP contribution is 2.17. The van der Waals surface area contributed by atoms with Crippen molar-refractivity contribution in [3.63, 3.8) is 0 Å². The van der Waals surface area contributed by atoms with E-state index in [1.807, 2.05) is 60.8 Å². The Bertz CT molecular complexity index is 778. The van der Waals surface area contributed by atoms with Crippen LogP contribution in [0.4, 0.5) is 0 Å². The maximum atomic E-state index is 12.4. The van der Waals surface area contributed by atoms with E-state index < -0.39 is 0 Å². The Morgan fingerprint density at radius 2 is 1.79 bits per heavy atom. The molecule has 0 radical (unpaired) electrons. The molecule has 0 atom stereocenters. The lowest BCUT2D eigenvalue weighted by molar-refractivity contribution is 0.768. The third-order valence-electron chi connectivity index (χ3n) is 3.13. The molecule has 0 saturated heterocycles. The minimum Gasteiger partial charge on any atom is -0.311 e. The van der Waals surface area contributed by atoms with Crippen LogP contribution in [0.15, 0.2) is 70.1 Å². The van der Waals surface area contributed by atoms with Crippen LogP contribution in [0.3, 0.4) is 0 Å². The van der Waals surface area contributed by atoms with E-state index in [4.69, 9.17) is 0 Å². The molecule has 0 spiro atoms. The maximum absolute atomic E-state index is 12.4. The van der Waals surface area contributed by atoms with Crippen molar-refractivity contribution >= 4 is 26.7 Å². The SMILES string of the molecule is O=c1c2ccc(Br)cc2ccn1Cc1ccccc1. The van der Waals surface area contributed by atoms with Gasteiger partial charge in [-0.25, -0.2) is 0 Å². The van der Waals surface area contributed by atoms with Crippen LogP contribution in [0.25, 0.3) is 10.8 Å². The Balaban J connectivity index is 2.08. The number of fused-ring (bicyclic) bond motifs is 1. The van der Waals surface area contributed by atoms with Crippen LogP contribution in [0, 0.1) is 0 Å². The minimum absolute atomic E-state index is 0.0499. The van der Waals surface area contributed by atoms with Gasteiger partial charge in [0.25, 0.3) is 5.56 Å². The van der Waals surface area contributed by atoms with Crippen LogP contribution in [0.5, 0.6) is 0 Å². The molecule has 0 aliphatic heterocycles. The number of nitrogens with zero attached hydrogens (tertiary/aromatic N) is 1. The largest absolute Gasteiger partial charge is 0.311 e. The summed E-state index contributed by atoms with van der Waals surface area (Å²) in [4.78, 5) is 12.4. The molecule has 0 amide bonds. The summed E-state index contributed by atoms with van der Waals surface area (Å²) in [6.07, 6.45) is 1.85. The number of hydrogen-bond acceptors (Lipinski definition) is 1. The van der Waals surface area contributed by atoms with Crippen molar-refractivity contribution in [1.82, 2.24) is 4.57 Å². The summed E-state index contributed by atoms with van der Waals surface area (Å²) < 4.78 is 2.73. The van der Waals surface area contributed by atoms with Gasteiger partial charge in [-0.15, -0.1) is 0 Å². The van der Waals surface area contributed by atoms with Crippen molar-refractivity contribution in [2.75, 3.05) is 0 Å². The molecule has 0 saturated carbocycles. The molecule has 3 heteroatoms. The van der Waals surface area contributed by atoms with Gasteiger partial charge in [0, 0.05) is 16.1 Å². The minimum atomic E-state index is 0.0499. The highest BCUT2D eigenvalue weighted by Gasteiger charge is 2.03. The van der Waals surface area contributed by atoms with Gasteiger partial charge in [-0.1, -0.05) is 46.3 Å². The summed E-state index contributed by atoms with van der Waals surface area (Å²) in [6, 6.07) is 17.7. The van der Waals surface area contributed by atoms with Gasteiger partial charge in [0.2, 0.25) is 0 Å². The molecule has 0 aliphatic rings. The first-order valence-electron chi connectivity index (χ1n) is 6.07. The first kappa shape index (κ1) is 12.2. The van der Waals surface area contributed by atoms with Gasteiger partial charge < -0.3 is 4.57 Å². The zero-order valence-electron chi connectivity index (χ0n) is 10.2. The molecular weight excluding hydrogens is 302 g/mol. The highest BCUT2D eigenvalue weighted by atomic mass is 79.9. The molecule has 3 rings (SSSR count). The molecule has 0 unspecified atom stereocenters. The Kier molecular flexibility index (Phi) is 3.22. The molecule has 0 bridgehead atoms. The van der Waals surface area contributed by atoms with Gasteiger partial charge >= 0.3 is 0 Å². The molecule has 2 aromatic carbocycles. The molecule has 0 fully saturated rings. The zero-order chi connectivity index (χ0) is 13.2. The van der Waals surface area contributed by atoms with E-state index in [1.165, 1.54) is 0 Å². The van der Waals surface area contributed by atoms with Gasteiger partial charge in [-0.2, -0.15) is 0 Å². The standard InChI is InChI=1S/C16H12BrNO/c17-14-6-7-15-13(10-14)8-9-18(16(15)19)11-12-4-2-1-3-5-12/h1-10H,11H2. The average Bonchev–Trinajstić information content (AvgIpc) is 2.43. The molecule has 2 nitrogen and oxygen atoms in total. The molecule has 0 aliphatic carbocycles. The predicted octanol–water partition coefficient (Wildman–Crippen LogP) is 3.81. The molecule has 0 N–H and O–H groups in total. The van der Waals surface area contributed by atoms with E-state index >= 15 is 0 Å². The van der Waals surface area contributed by atoms with Gasteiger partial charge in [0.05, 0.1) is 6.54 Å². The van der Waals surface area contributed by atoms with Crippen molar-refractivity contribution < 1.29 is 0 Å². The van der Waals surface area contributed by atoms with Crippen molar-refractivity contribution in [2.45, 2.75) is 6.54 Å². The lowest BCUT2D eigenvalue weighted by atomic mass is 10.1. The first-order valence-corrected chi connectivity index (χ1v) is 6.86. The van der Waals surface area contributed by atoms with Gasteiger partial charge in [0.1, 0.15) is 0 Å². The van der Waals surface area contributed by atoms with E-state index in [2.05, 4.69) is 15.9 Å². The van der Waals surface area contributed by atoms with Crippen LogP contribution in [0.2, 0.25) is 0 Å². The average molecular weight is 314 g/mol. The highest BCUT2D eigenvalue weighted by molar-refractivity contribution is 9.10. The van der Waals surface area contributed by atoms with E-state index in [9.17, 15) is 4.79 Å². The molecule has 19 heavy (non-hydrogen) atoms. The summed E-state index contributed by atoms with van der Waals surface area (Å²) in [5.74, 6) is 0. The Hall–Kier alpha value is -1.87. The first-order chi connectivity index (χ1) is 9.24. The summed E-state index contributed by atoms with van der Waals surface area (Å²) in [5, 5.41) is 1.71. The molecular formula is C16H12BrNO. The molecule has 1 heterocycles. The van der Waals surface area contributed by atoms with Gasteiger partial charge in [0.15, 0.2) is 0 Å². The van der Waals surface area contributed by atoms with Crippen molar-refractivity contribution in [1.29, 1.82) is 0 Å². The number of aromatic nitrogens is 1. The molecule has 1 aromatic heterocycles. The van der Waals surface area contributed by atoms with Crippen molar-refractivity contribution in [2.24, 2.45) is 0 Å². The number of halogens is 1. The van der Waals surface area contributed by atoms with Crippen LogP contribution < -0.4 is 5.56 Å². The zero-order valence-corrected chi connectivity index (χ0v) is 11.8. The smallest absolute Gasteiger partial charge is 0.258 e. The van der Waals surface area contributed by atoms with E-state index in [0.29, 0.717) is 6.54 Å². The summed E-state index contributed by atoms with van der Waals surface area (Å²) in [6.45, 7) is 0.603. The van der Waals surface area contributed by atoms with Crippen LogP contribution in [-0.2, 0) is 6.54 Å². The Labute approximate surface area is 119 Å². The second-order valence-corrected chi connectivity index (χ2v) is 5.38. The van der Waals surface area contributed by atoms with E-state index in [0.717, 1.165) is 20.8 Å². The lowest BCUT2D eigenvalue weighted by Crippen LogP contribution is -2.19. The van der Waals surface area contributed by atoms with Crippen LogP contribution in [-0.4, -0.2) is 4.57 Å². The van der Waals surface area contributed by atoms with Crippen LogP contribution >= 0.6 is 15.9 Å². The van der Waals surface area contributed by atoms with Crippen LogP contribution in [0.1, 0.15) is 5.56 Å². The topological polar surface area (TPSA) is 22.0 Å². The monoisotopic (exact) mass is 313 g/mol. The summed E-state index contributed by atoms with van der Waals surface area (Å²) in [5.41, 5.74) is 1.18. The Morgan fingerprint density at radius 1 is 1.00 bits per heavy atom. The van der Waals surface area contributed by atoms with Gasteiger partial charge in [-0.05, 0) is 35.2 Å². The Morgan fingerprint density at radius 3 is 2.58 bits per heavy atom. The van der Waals surface area contributed by atoms with E-state index in [1.54, 1.807) is 4.57 Å². The predicted molar refractivity (Wildman–Crippen MR) is 81.5 cm³/mol. The number of benzene rings is 2. The second-order valence-electron chi connectivity index (χ2n) is 4.47. The summed E-state index contributed by atoms with van der Waals surface area (Å²) in [7, 11) is 0.